The summed E-state index contributed by atoms with van der Waals surface area (Å²) >= 11 is 0. The van der Waals surface area contributed by atoms with Crippen molar-refractivity contribution in [2.45, 2.75) is 11.8 Å². The van der Waals surface area contributed by atoms with Crippen LogP contribution in [0.5, 0.6) is 0 Å². The Labute approximate surface area is 190 Å². The van der Waals surface area contributed by atoms with Crippen LogP contribution in [0.4, 0.5) is 26.2 Å². The zero-order valence-corrected chi connectivity index (χ0v) is 18.4. The fraction of sp³-hybridized carbons (Fsp3) is 0.130. The molecule has 0 aromatic heterocycles. The minimum absolute atomic E-state index is 0.106. The summed E-state index contributed by atoms with van der Waals surface area (Å²) in [6.45, 7) is 2.77. The van der Waals surface area contributed by atoms with Crippen molar-refractivity contribution in [2.75, 3.05) is 28.0 Å². The van der Waals surface area contributed by atoms with Crippen LogP contribution in [0.15, 0.2) is 71.6 Å². The normalized spacial score (nSPS) is 13.5. The monoisotopic (exact) mass is 468 g/mol. The smallest absolute Gasteiger partial charge is 0.321 e. The summed E-state index contributed by atoms with van der Waals surface area (Å²) in [6, 6.07) is 15.8. The first kappa shape index (κ1) is 22.3. The van der Waals surface area contributed by atoms with Crippen LogP contribution in [0.3, 0.4) is 0 Å². The van der Waals surface area contributed by atoms with Crippen molar-refractivity contribution in [1.82, 2.24) is 5.32 Å². The third-order valence-electron chi connectivity index (χ3n) is 5.13. The molecule has 0 bridgehead atoms. The Hall–Kier alpha value is -3.92. The number of hydrogen-bond donors (Lipinski definition) is 3. The number of carbonyl (C=O) groups excluding carboxylic acids is 2. The van der Waals surface area contributed by atoms with Gasteiger partial charge in [-0.3, -0.25) is 14.4 Å². The standard InChI is InChI=1S/C23H21FN4O4S/c1-15-5-10-20(33(31,32)27-17-8-6-16(24)7-9-17)14-21(15)22(29)26-18-3-2-4-19(13-18)28-12-11-25-23(28)30/h2-10,13-14,27H,11-12H2,1H3,(H,25,30)(H,26,29). The number of carbonyl (C=O) groups is 2. The van der Waals surface area contributed by atoms with Gasteiger partial charge >= 0.3 is 6.03 Å². The van der Waals surface area contributed by atoms with Crippen LogP contribution in [-0.2, 0) is 10.0 Å². The van der Waals surface area contributed by atoms with Gasteiger partial charge in [0.1, 0.15) is 5.82 Å². The van der Waals surface area contributed by atoms with E-state index in [0.717, 1.165) is 12.1 Å². The molecule has 0 unspecified atom stereocenters. The average Bonchev–Trinajstić information content (AvgIpc) is 3.21. The lowest BCUT2D eigenvalue weighted by Gasteiger charge is -2.16. The van der Waals surface area contributed by atoms with Gasteiger partial charge in [-0.25, -0.2) is 17.6 Å². The van der Waals surface area contributed by atoms with Gasteiger partial charge in [-0.2, -0.15) is 0 Å². The number of nitrogens with one attached hydrogen (secondary N) is 3. The number of rotatable bonds is 6. The van der Waals surface area contributed by atoms with Gasteiger partial charge in [-0.05, 0) is 67.1 Å². The highest BCUT2D eigenvalue weighted by Gasteiger charge is 2.22. The van der Waals surface area contributed by atoms with Gasteiger partial charge in [0.2, 0.25) is 0 Å². The Bertz CT molecular complexity index is 1330. The minimum Gasteiger partial charge on any atom is -0.336 e. The van der Waals surface area contributed by atoms with E-state index in [-0.39, 0.29) is 22.2 Å². The Morgan fingerprint density at radius 2 is 1.79 bits per heavy atom. The maximum atomic E-state index is 13.1. The number of aryl methyl sites for hydroxylation is 1. The Kier molecular flexibility index (Phi) is 6.01. The molecule has 1 saturated heterocycles. The van der Waals surface area contributed by atoms with Crippen molar-refractivity contribution in [1.29, 1.82) is 0 Å². The first-order valence-electron chi connectivity index (χ1n) is 10.1. The molecule has 1 fully saturated rings. The lowest BCUT2D eigenvalue weighted by atomic mass is 10.1. The van der Waals surface area contributed by atoms with E-state index < -0.39 is 21.7 Å². The largest absolute Gasteiger partial charge is 0.336 e. The van der Waals surface area contributed by atoms with Crippen LogP contribution in [0, 0.1) is 12.7 Å². The fourth-order valence-corrected chi connectivity index (χ4v) is 4.50. The predicted molar refractivity (Wildman–Crippen MR) is 124 cm³/mol. The lowest BCUT2D eigenvalue weighted by Crippen LogP contribution is -2.27. The molecule has 3 amide bonds. The highest BCUT2D eigenvalue weighted by Crippen LogP contribution is 2.23. The first-order chi connectivity index (χ1) is 15.7. The van der Waals surface area contributed by atoms with Crippen LogP contribution >= 0.6 is 0 Å². The van der Waals surface area contributed by atoms with E-state index in [1.54, 1.807) is 42.2 Å². The van der Waals surface area contributed by atoms with Gasteiger partial charge in [0.05, 0.1) is 4.90 Å². The number of benzene rings is 3. The molecule has 10 heteroatoms. The number of hydrogen-bond acceptors (Lipinski definition) is 4. The summed E-state index contributed by atoms with van der Waals surface area (Å²) < 4.78 is 41.0. The molecule has 8 nitrogen and oxygen atoms in total. The third kappa shape index (κ3) is 4.96. The Balaban J connectivity index is 1.56. The van der Waals surface area contributed by atoms with Crippen molar-refractivity contribution in [3.63, 3.8) is 0 Å². The maximum absolute atomic E-state index is 13.1. The van der Waals surface area contributed by atoms with Crippen molar-refractivity contribution in [3.05, 3.63) is 83.7 Å². The summed E-state index contributed by atoms with van der Waals surface area (Å²) in [5, 5.41) is 5.48. The molecule has 0 spiro atoms. The van der Waals surface area contributed by atoms with Gasteiger partial charge in [0, 0.05) is 35.7 Å². The molecule has 1 aliphatic heterocycles. The van der Waals surface area contributed by atoms with E-state index in [1.807, 2.05) is 0 Å². The second-order valence-electron chi connectivity index (χ2n) is 7.48. The highest BCUT2D eigenvalue weighted by molar-refractivity contribution is 7.92. The molecule has 3 aromatic carbocycles. The van der Waals surface area contributed by atoms with Crippen LogP contribution in [0.25, 0.3) is 0 Å². The third-order valence-corrected chi connectivity index (χ3v) is 6.51. The van der Waals surface area contributed by atoms with Crippen LogP contribution in [-0.4, -0.2) is 33.4 Å². The van der Waals surface area contributed by atoms with Gasteiger partial charge in [-0.15, -0.1) is 0 Å². The number of urea groups is 1. The zero-order valence-electron chi connectivity index (χ0n) is 17.6. The Morgan fingerprint density at radius 1 is 1.03 bits per heavy atom. The number of halogens is 1. The van der Waals surface area contributed by atoms with E-state index in [2.05, 4.69) is 15.4 Å². The summed E-state index contributed by atoms with van der Waals surface area (Å²) in [5.41, 5.74) is 2.07. The second-order valence-corrected chi connectivity index (χ2v) is 9.16. The molecule has 3 N–H and O–H groups in total. The van der Waals surface area contributed by atoms with Gasteiger partial charge in [0.25, 0.3) is 15.9 Å². The maximum Gasteiger partial charge on any atom is 0.321 e. The van der Waals surface area contributed by atoms with Gasteiger partial charge < -0.3 is 10.6 Å². The molecule has 1 heterocycles. The summed E-state index contributed by atoms with van der Waals surface area (Å²) in [4.78, 5) is 26.3. The van der Waals surface area contributed by atoms with Crippen LogP contribution in [0.1, 0.15) is 15.9 Å². The molecule has 33 heavy (non-hydrogen) atoms. The van der Waals surface area contributed by atoms with E-state index in [1.165, 1.54) is 24.3 Å². The van der Waals surface area contributed by atoms with E-state index in [4.69, 9.17) is 0 Å². The molecule has 0 radical (unpaired) electrons. The zero-order chi connectivity index (χ0) is 23.6. The van der Waals surface area contributed by atoms with E-state index >= 15 is 0 Å². The van der Waals surface area contributed by atoms with Gasteiger partial charge in [0.15, 0.2) is 0 Å². The van der Waals surface area contributed by atoms with E-state index in [0.29, 0.717) is 30.0 Å². The van der Waals surface area contributed by atoms with Crippen molar-refractivity contribution < 1.29 is 22.4 Å². The lowest BCUT2D eigenvalue weighted by molar-refractivity contribution is 0.102. The predicted octanol–water partition coefficient (Wildman–Crippen LogP) is 3.72. The Morgan fingerprint density at radius 3 is 2.48 bits per heavy atom. The number of anilines is 3. The molecule has 170 valence electrons. The number of sulfonamides is 1. The molecular formula is C23H21FN4O4S. The quantitative estimate of drug-likeness (QED) is 0.513. The molecule has 0 saturated carbocycles. The van der Waals surface area contributed by atoms with Crippen molar-refractivity contribution >= 4 is 39.0 Å². The minimum atomic E-state index is -4.00. The SMILES string of the molecule is Cc1ccc(S(=O)(=O)Nc2ccc(F)cc2)cc1C(=O)Nc1cccc(N2CCNC2=O)c1. The van der Waals surface area contributed by atoms with Crippen LogP contribution in [0.2, 0.25) is 0 Å². The van der Waals surface area contributed by atoms with Gasteiger partial charge in [-0.1, -0.05) is 12.1 Å². The average molecular weight is 469 g/mol. The number of amides is 3. The summed E-state index contributed by atoms with van der Waals surface area (Å²) in [5.74, 6) is -0.976. The first-order valence-corrected chi connectivity index (χ1v) is 11.6. The summed E-state index contributed by atoms with van der Waals surface area (Å²) in [6.07, 6.45) is 0. The topological polar surface area (TPSA) is 108 Å². The van der Waals surface area contributed by atoms with E-state index in [9.17, 15) is 22.4 Å². The number of nitrogens with zero attached hydrogens (tertiary/aromatic N) is 1. The van der Waals surface area contributed by atoms with Crippen molar-refractivity contribution in [2.24, 2.45) is 0 Å². The molecule has 0 aliphatic carbocycles. The molecular weight excluding hydrogens is 447 g/mol. The molecule has 3 aromatic rings. The van der Waals surface area contributed by atoms with Crippen LogP contribution < -0.4 is 20.3 Å². The fourth-order valence-electron chi connectivity index (χ4n) is 3.41. The van der Waals surface area contributed by atoms with Crippen molar-refractivity contribution in [3.8, 4) is 0 Å². The molecule has 0 atom stereocenters. The molecule has 1 aliphatic rings. The highest BCUT2D eigenvalue weighted by atomic mass is 32.2. The summed E-state index contributed by atoms with van der Waals surface area (Å²) in [7, 11) is -4.00. The molecule has 4 rings (SSSR count). The second kappa shape index (κ2) is 8.91.